The Kier molecular flexibility index (Phi) is 5.42. The summed E-state index contributed by atoms with van der Waals surface area (Å²) in [7, 11) is 0. The van der Waals surface area contributed by atoms with Crippen LogP contribution in [0.15, 0.2) is 30.6 Å². The van der Waals surface area contributed by atoms with E-state index in [1.165, 1.54) is 24.5 Å². The van der Waals surface area contributed by atoms with Crippen molar-refractivity contribution in [1.29, 1.82) is 0 Å². The zero-order valence-corrected chi connectivity index (χ0v) is 16.8. The second-order valence-corrected chi connectivity index (χ2v) is 8.42. The van der Waals surface area contributed by atoms with E-state index in [0.717, 1.165) is 6.07 Å². The summed E-state index contributed by atoms with van der Waals surface area (Å²) in [6.07, 6.45) is 4.81. The summed E-state index contributed by atoms with van der Waals surface area (Å²) in [5.74, 6) is -1.05. The number of aromatic amines is 1. The highest BCUT2D eigenvalue weighted by Gasteiger charge is 2.55. The maximum absolute atomic E-state index is 13.5. The first-order valence-electron chi connectivity index (χ1n) is 9.69. The van der Waals surface area contributed by atoms with Gasteiger partial charge in [0.1, 0.15) is 11.6 Å². The summed E-state index contributed by atoms with van der Waals surface area (Å²) in [6, 6.07) is 3.97. The number of hydrogen-bond acceptors (Lipinski definition) is 5. The zero-order chi connectivity index (χ0) is 21.4. The van der Waals surface area contributed by atoms with Gasteiger partial charge in [-0.2, -0.15) is 5.10 Å². The summed E-state index contributed by atoms with van der Waals surface area (Å²) in [4.78, 5) is 24.8. The van der Waals surface area contributed by atoms with Crippen LogP contribution in [0.1, 0.15) is 42.5 Å². The van der Waals surface area contributed by atoms with Crippen molar-refractivity contribution in [2.45, 2.75) is 49.3 Å². The van der Waals surface area contributed by atoms with Gasteiger partial charge in [-0.3, -0.25) is 14.7 Å². The largest absolute Gasteiger partial charge is 0.484 e. The Morgan fingerprint density at radius 2 is 2.07 bits per heavy atom. The van der Waals surface area contributed by atoms with Crippen molar-refractivity contribution in [3.05, 3.63) is 47.0 Å². The number of halogens is 2. The summed E-state index contributed by atoms with van der Waals surface area (Å²) in [6.45, 7) is -0.277. The number of benzene rings is 1. The van der Waals surface area contributed by atoms with E-state index in [-0.39, 0.29) is 29.2 Å². The third kappa shape index (κ3) is 3.99. The second-order valence-electron chi connectivity index (χ2n) is 8.01. The topological polar surface area (TPSA) is 116 Å². The lowest BCUT2D eigenvalue weighted by Gasteiger charge is -2.56. The molecule has 4 N–H and O–H groups in total. The predicted molar refractivity (Wildman–Crippen MR) is 106 cm³/mol. The monoisotopic (exact) mass is 436 g/mol. The van der Waals surface area contributed by atoms with E-state index in [2.05, 4.69) is 20.8 Å². The van der Waals surface area contributed by atoms with Crippen molar-refractivity contribution in [3.63, 3.8) is 0 Å². The standard InChI is InChI=1S/C20H22ClFN4O4/c21-14-2-1-13(7-15(14)22)30-11-17(28)25-19-3-5-20(6-4-19,16(27)8-19)26-18(29)12-9-23-24-10-12/h1-2,7,9-10,16,27H,3-6,8,11H2,(H,23,24)(H,25,28)(H,26,29). The van der Waals surface area contributed by atoms with Gasteiger partial charge < -0.3 is 20.5 Å². The molecule has 3 aliphatic rings. The summed E-state index contributed by atoms with van der Waals surface area (Å²) in [5, 5.41) is 23.1. The van der Waals surface area contributed by atoms with Crippen molar-refractivity contribution >= 4 is 23.4 Å². The van der Waals surface area contributed by atoms with Crippen LogP contribution in [0, 0.1) is 5.82 Å². The number of H-pyrrole nitrogens is 1. The van der Waals surface area contributed by atoms with Gasteiger partial charge in [-0.1, -0.05) is 11.6 Å². The Hall–Kier alpha value is -2.65. The van der Waals surface area contributed by atoms with Gasteiger partial charge in [0.25, 0.3) is 11.8 Å². The molecular weight excluding hydrogens is 415 g/mol. The molecule has 3 aliphatic carbocycles. The van der Waals surface area contributed by atoms with Gasteiger partial charge >= 0.3 is 0 Å². The molecule has 3 saturated carbocycles. The molecule has 160 valence electrons. The van der Waals surface area contributed by atoms with E-state index >= 15 is 0 Å². The van der Waals surface area contributed by atoms with Crippen LogP contribution in [0.25, 0.3) is 0 Å². The number of aliphatic hydroxyl groups is 1. The molecule has 2 aromatic rings. The van der Waals surface area contributed by atoms with Crippen LogP contribution < -0.4 is 15.4 Å². The molecule has 1 heterocycles. The van der Waals surface area contributed by atoms with Crippen LogP contribution in [0.3, 0.4) is 0 Å². The minimum atomic E-state index is -0.789. The second kappa shape index (κ2) is 7.88. The van der Waals surface area contributed by atoms with Crippen LogP contribution in [0.5, 0.6) is 5.75 Å². The van der Waals surface area contributed by atoms with E-state index in [1.54, 1.807) is 0 Å². The minimum absolute atomic E-state index is 0.0209. The van der Waals surface area contributed by atoms with E-state index in [9.17, 15) is 19.1 Å². The first kappa shape index (κ1) is 20.6. The first-order valence-corrected chi connectivity index (χ1v) is 10.1. The number of nitrogens with one attached hydrogen (secondary N) is 3. The Labute approximate surface area is 177 Å². The summed E-state index contributed by atoms with van der Waals surface area (Å²) < 4.78 is 18.8. The molecule has 2 amide bonds. The normalized spacial score (nSPS) is 27.5. The quantitative estimate of drug-likeness (QED) is 0.552. The van der Waals surface area contributed by atoms with Crippen molar-refractivity contribution in [3.8, 4) is 5.75 Å². The van der Waals surface area contributed by atoms with E-state index in [1.807, 2.05) is 0 Å². The number of amides is 2. The molecule has 0 radical (unpaired) electrons. The Bertz CT molecular complexity index is 944. The van der Waals surface area contributed by atoms with Gasteiger partial charge in [-0.25, -0.2) is 4.39 Å². The molecular formula is C20H22ClFN4O4. The minimum Gasteiger partial charge on any atom is -0.484 e. The number of aliphatic hydroxyl groups excluding tert-OH is 1. The van der Waals surface area contributed by atoms with Crippen molar-refractivity contribution in [2.24, 2.45) is 0 Å². The van der Waals surface area contributed by atoms with Crippen LogP contribution in [-0.2, 0) is 4.79 Å². The molecule has 1 aromatic heterocycles. The van der Waals surface area contributed by atoms with Gasteiger partial charge in [0, 0.05) is 17.8 Å². The average Bonchev–Trinajstić information content (AvgIpc) is 3.25. The fourth-order valence-corrected chi connectivity index (χ4v) is 4.50. The van der Waals surface area contributed by atoms with Crippen molar-refractivity contribution in [2.75, 3.05) is 6.61 Å². The number of rotatable bonds is 6. The van der Waals surface area contributed by atoms with Crippen LogP contribution >= 0.6 is 11.6 Å². The van der Waals surface area contributed by atoms with Crippen LogP contribution in [0.4, 0.5) is 4.39 Å². The molecule has 30 heavy (non-hydrogen) atoms. The number of carbonyl (C=O) groups excluding carboxylic acids is 2. The molecule has 1 atom stereocenters. The maximum Gasteiger partial charge on any atom is 0.258 e. The average molecular weight is 437 g/mol. The third-order valence-electron chi connectivity index (χ3n) is 6.11. The van der Waals surface area contributed by atoms with E-state index < -0.39 is 23.0 Å². The summed E-state index contributed by atoms with van der Waals surface area (Å²) in [5.41, 5.74) is -0.853. The van der Waals surface area contributed by atoms with Crippen molar-refractivity contribution < 1.29 is 23.8 Å². The molecule has 1 unspecified atom stereocenters. The Balaban J connectivity index is 1.34. The number of ether oxygens (including phenoxy) is 1. The van der Waals surface area contributed by atoms with Gasteiger partial charge in [-0.05, 0) is 44.2 Å². The highest BCUT2D eigenvalue weighted by molar-refractivity contribution is 6.30. The predicted octanol–water partition coefficient (Wildman–Crippen LogP) is 1.94. The molecule has 10 heteroatoms. The van der Waals surface area contributed by atoms with Crippen LogP contribution in [0.2, 0.25) is 5.02 Å². The molecule has 2 bridgehead atoms. The lowest BCUT2D eigenvalue weighted by atomic mass is 9.60. The highest BCUT2D eigenvalue weighted by Crippen LogP contribution is 2.47. The number of carbonyl (C=O) groups is 2. The zero-order valence-electron chi connectivity index (χ0n) is 16.1. The molecule has 1 aromatic carbocycles. The highest BCUT2D eigenvalue weighted by atomic mass is 35.5. The molecule has 5 rings (SSSR count). The SMILES string of the molecule is O=C(COc1ccc(Cl)c(F)c1)NC12CCC(NC(=O)c3cn[nH]c3)(CC1)C(O)C2. The van der Waals surface area contributed by atoms with Gasteiger partial charge in [-0.15, -0.1) is 0 Å². The third-order valence-corrected chi connectivity index (χ3v) is 6.42. The maximum atomic E-state index is 13.5. The van der Waals surface area contributed by atoms with Gasteiger partial charge in [0.05, 0.1) is 28.4 Å². The molecule has 3 fully saturated rings. The molecule has 0 spiro atoms. The molecule has 8 nitrogen and oxygen atoms in total. The summed E-state index contributed by atoms with van der Waals surface area (Å²) >= 11 is 5.63. The smallest absolute Gasteiger partial charge is 0.258 e. The lowest BCUT2D eigenvalue weighted by Crippen LogP contribution is -2.70. The Morgan fingerprint density at radius 3 is 2.70 bits per heavy atom. The Morgan fingerprint density at radius 1 is 1.30 bits per heavy atom. The van der Waals surface area contributed by atoms with Crippen LogP contribution in [-0.4, -0.2) is 50.9 Å². The molecule has 0 aliphatic heterocycles. The van der Waals surface area contributed by atoms with Gasteiger partial charge in [0.15, 0.2) is 6.61 Å². The number of hydrogen-bond donors (Lipinski definition) is 4. The lowest BCUT2D eigenvalue weighted by molar-refractivity contribution is -0.129. The molecule has 0 saturated heterocycles. The number of nitrogens with zero attached hydrogens (tertiary/aromatic N) is 1. The fraction of sp³-hybridized carbons (Fsp3) is 0.450. The first-order chi connectivity index (χ1) is 14.3. The fourth-order valence-electron chi connectivity index (χ4n) is 4.38. The van der Waals surface area contributed by atoms with E-state index in [0.29, 0.717) is 37.7 Å². The van der Waals surface area contributed by atoms with Gasteiger partial charge in [0.2, 0.25) is 0 Å². The number of fused-ring (bicyclic) bond motifs is 3. The van der Waals surface area contributed by atoms with E-state index in [4.69, 9.17) is 16.3 Å². The van der Waals surface area contributed by atoms with Crippen molar-refractivity contribution in [1.82, 2.24) is 20.8 Å². The number of aromatic nitrogens is 2.